The monoisotopic (exact) mass is 278 g/mol. The Hall–Kier alpha value is -1.66. The molecule has 0 spiro atoms. The maximum Gasteiger partial charge on any atom is 0.238 e. The van der Waals surface area contributed by atoms with Gasteiger partial charge in [-0.25, -0.2) is 13.6 Å². The lowest BCUT2D eigenvalue weighted by atomic mass is 10.2. The van der Waals surface area contributed by atoms with E-state index >= 15 is 0 Å². The summed E-state index contributed by atoms with van der Waals surface area (Å²) in [6, 6.07) is 6.47. The van der Waals surface area contributed by atoms with Crippen LogP contribution in [0.3, 0.4) is 0 Å². The Morgan fingerprint density at radius 2 is 2.11 bits per heavy atom. The number of rotatable bonds is 4. The predicted molar refractivity (Wildman–Crippen MR) is 71.3 cm³/mol. The van der Waals surface area contributed by atoms with Gasteiger partial charge < -0.3 is 4.74 Å². The van der Waals surface area contributed by atoms with Gasteiger partial charge in [0.05, 0.1) is 11.5 Å². The zero-order valence-electron chi connectivity index (χ0n) is 10.2. The summed E-state index contributed by atoms with van der Waals surface area (Å²) in [5, 5.41) is 5.71. The van der Waals surface area contributed by atoms with Gasteiger partial charge >= 0.3 is 0 Å². The summed E-state index contributed by atoms with van der Waals surface area (Å²) in [5.41, 5.74) is 0.537. The smallest absolute Gasteiger partial charge is 0.238 e. The summed E-state index contributed by atoms with van der Waals surface area (Å²) in [6.45, 7) is 0.653. The highest BCUT2D eigenvalue weighted by atomic mass is 32.2. The Morgan fingerprint density at radius 1 is 1.32 bits per heavy atom. The third-order valence-electron chi connectivity index (χ3n) is 3.17. The number of aromatic nitrogens is 1. The number of hydrogen-bond acceptors (Lipinski definition) is 4. The molecule has 0 radical (unpaired) electrons. The number of fused-ring (bicyclic) bond motifs is 1. The summed E-state index contributed by atoms with van der Waals surface area (Å²) in [6.07, 6.45) is 4.00. The van der Waals surface area contributed by atoms with Crippen LogP contribution in [0.15, 0.2) is 35.4 Å². The maximum absolute atomic E-state index is 11.5. The fraction of sp³-hybridized carbons (Fsp3) is 0.308. The Labute approximate surface area is 111 Å². The van der Waals surface area contributed by atoms with Crippen LogP contribution in [0, 0.1) is 5.92 Å². The van der Waals surface area contributed by atoms with Gasteiger partial charge in [-0.15, -0.1) is 0 Å². The van der Waals surface area contributed by atoms with E-state index in [4.69, 9.17) is 9.88 Å². The van der Waals surface area contributed by atoms with Crippen molar-refractivity contribution in [3.8, 4) is 5.75 Å². The molecule has 0 unspecified atom stereocenters. The molecule has 2 aromatic rings. The molecule has 2 N–H and O–H groups in total. The number of primary sulfonamides is 1. The molecule has 0 bridgehead atoms. The van der Waals surface area contributed by atoms with E-state index in [0.29, 0.717) is 29.2 Å². The summed E-state index contributed by atoms with van der Waals surface area (Å²) >= 11 is 0. The van der Waals surface area contributed by atoms with Crippen molar-refractivity contribution in [3.05, 3.63) is 30.5 Å². The quantitative estimate of drug-likeness (QED) is 0.922. The molecule has 19 heavy (non-hydrogen) atoms. The molecule has 1 fully saturated rings. The zero-order chi connectivity index (χ0) is 13.5. The first kappa shape index (κ1) is 12.4. The van der Waals surface area contributed by atoms with E-state index in [1.165, 1.54) is 18.9 Å². The molecule has 6 heteroatoms. The molecular formula is C13H14N2O3S. The van der Waals surface area contributed by atoms with Crippen molar-refractivity contribution < 1.29 is 13.2 Å². The highest BCUT2D eigenvalue weighted by molar-refractivity contribution is 7.89. The minimum absolute atomic E-state index is 0.0781. The van der Waals surface area contributed by atoms with Crippen molar-refractivity contribution >= 4 is 20.9 Å². The van der Waals surface area contributed by atoms with E-state index in [2.05, 4.69) is 4.98 Å². The van der Waals surface area contributed by atoms with Crippen LogP contribution in [0.25, 0.3) is 10.9 Å². The molecule has 0 aliphatic heterocycles. The van der Waals surface area contributed by atoms with Gasteiger partial charge in [0.25, 0.3) is 0 Å². The molecule has 1 heterocycles. The molecule has 0 amide bonds. The number of nitrogens with two attached hydrogens (primary N) is 1. The molecule has 1 saturated carbocycles. The highest BCUT2D eigenvalue weighted by Crippen LogP contribution is 2.32. The average molecular weight is 278 g/mol. The molecule has 0 atom stereocenters. The molecule has 1 aromatic heterocycles. The fourth-order valence-corrected chi connectivity index (χ4v) is 2.71. The number of hydrogen-bond donors (Lipinski definition) is 1. The van der Waals surface area contributed by atoms with Crippen molar-refractivity contribution in [2.24, 2.45) is 11.1 Å². The highest BCUT2D eigenvalue weighted by Gasteiger charge is 2.23. The normalized spacial score (nSPS) is 15.6. The molecule has 5 nitrogen and oxygen atoms in total. The maximum atomic E-state index is 11.5. The molecular weight excluding hydrogens is 264 g/mol. The third kappa shape index (κ3) is 2.54. The minimum atomic E-state index is -3.76. The topological polar surface area (TPSA) is 82.3 Å². The lowest BCUT2D eigenvalue weighted by Gasteiger charge is -2.10. The first-order valence-corrected chi connectivity index (χ1v) is 7.63. The van der Waals surface area contributed by atoms with Gasteiger partial charge in [0.15, 0.2) is 0 Å². The van der Waals surface area contributed by atoms with Crippen molar-refractivity contribution in [2.75, 3.05) is 6.61 Å². The zero-order valence-corrected chi connectivity index (χ0v) is 11.1. The van der Waals surface area contributed by atoms with E-state index in [-0.39, 0.29) is 4.90 Å². The second kappa shape index (κ2) is 4.47. The molecule has 1 aliphatic rings. The van der Waals surface area contributed by atoms with Crippen LogP contribution < -0.4 is 9.88 Å². The van der Waals surface area contributed by atoms with Gasteiger partial charge in [0, 0.05) is 11.6 Å². The van der Waals surface area contributed by atoms with Gasteiger partial charge in [-0.3, -0.25) is 4.98 Å². The van der Waals surface area contributed by atoms with Gasteiger partial charge in [0.2, 0.25) is 10.0 Å². The van der Waals surface area contributed by atoms with Crippen molar-refractivity contribution in [1.82, 2.24) is 4.98 Å². The van der Waals surface area contributed by atoms with E-state index in [1.54, 1.807) is 24.4 Å². The number of benzene rings is 1. The van der Waals surface area contributed by atoms with Crippen LogP contribution >= 0.6 is 0 Å². The Bertz CT molecular complexity index is 724. The van der Waals surface area contributed by atoms with Gasteiger partial charge in [-0.05, 0) is 43.0 Å². The number of pyridine rings is 1. The Morgan fingerprint density at radius 3 is 2.79 bits per heavy atom. The largest absolute Gasteiger partial charge is 0.491 e. The van der Waals surface area contributed by atoms with Crippen LogP contribution in [0.5, 0.6) is 5.75 Å². The van der Waals surface area contributed by atoms with Crippen LogP contribution in [0.1, 0.15) is 12.8 Å². The SMILES string of the molecule is NS(=O)(=O)c1ccc(OCC2CC2)c2ncccc12. The number of ether oxygens (including phenoxy) is 1. The molecule has 3 rings (SSSR count). The number of nitrogens with zero attached hydrogens (tertiary/aromatic N) is 1. The van der Waals surface area contributed by atoms with E-state index < -0.39 is 10.0 Å². The lowest BCUT2D eigenvalue weighted by Crippen LogP contribution is -2.13. The van der Waals surface area contributed by atoms with Crippen molar-refractivity contribution in [3.63, 3.8) is 0 Å². The third-order valence-corrected chi connectivity index (χ3v) is 4.14. The van der Waals surface area contributed by atoms with Gasteiger partial charge in [-0.1, -0.05) is 0 Å². The van der Waals surface area contributed by atoms with E-state index in [9.17, 15) is 8.42 Å². The van der Waals surface area contributed by atoms with Crippen molar-refractivity contribution in [1.29, 1.82) is 0 Å². The van der Waals surface area contributed by atoms with Gasteiger partial charge in [0.1, 0.15) is 11.3 Å². The average Bonchev–Trinajstić information content (AvgIpc) is 3.18. The standard InChI is InChI=1S/C13H14N2O3S/c14-19(16,17)12-6-5-11(18-8-9-3-4-9)13-10(12)2-1-7-15-13/h1-2,5-7,9H,3-4,8H2,(H2,14,16,17). The summed E-state index contributed by atoms with van der Waals surface area (Å²) in [4.78, 5) is 4.29. The second-order valence-corrected chi connectivity index (χ2v) is 6.29. The second-order valence-electron chi connectivity index (χ2n) is 4.76. The molecule has 1 aliphatic carbocycles. The minimum Gasteiger partial charge on any atom is -0.491 e. The first-order chi connectivity index (χ1) is 9.05. The lowest BCUT2D eigenvalue weighted by molar-refractivity contribution is 0.302. The van der Waals surface area contributed by atoms with Crippen molar-refractivity contribution in [2.45, 2.75) is 17.7 Å². The first-order valence-electron chi connectivity index (χ1n) is 6.09. The Balaban J connectivity index is 2.10. The van der Waals surface area contributed by atoms with Crippen LogP contribution in [0.4, 0.5) is 0 Å². The summed E-state index contributed by atoms with van der Waals surface area (Å²) in [7, 11) is -3.76. The predicted octanol–water partition coefficient (Wildman–Crippen LogP) is 1.67. The van der Waals surface area contributed by atoms with E-state index in [1.807, 2.05) is 0 Å². The molecule has 1 aromatic carbocycles. The molecule has 0 saturated heterocycles. The van der Waals surface area contributed by atoms with Crippen LogP contribution in [-0.4, -0.2) is 20.0 Å². The summed E-state index contributed by atoms with van der Waals surface area (Å²) in [5.74, 6) is 1.23. The Kier molecular flexibility index (Phi) is 2.91. The van der Waals surface area contributed by atoms with Crippen LogP contribution in [0.2, 0.25) is 0 Å². The van der Waals surface area contributed by atoms with Crippen LogP contribution in [-0.2, 0) is 10.0 Å². The molecule has 100 valence electrons. The van der Waals surface area contributed by atoms with Gasteiger partial charge in [-0.2, -0.15) is 0 Å². The fourth-order valence-electron chi connectivity index (χ4n) is 1.98. The summed E-state index contributed by atoms with van der Waals surface area (Å²) < 4.78 is 28.8. The number of sulfonamides is 1. The van der Waals surface area contributed by atoms with E-state index in [0.717, 1.165) is 0 Å².